The van der Waals surface area contributed by atoms with Crippen LogP contribution in [-0.2, 0) is 19.1 Å². The van der Waals surface area contributed by atoms with Crippen LogP contribution < -0.4 is 20.1 Å². The number of carbonyl (C=O) groups excluding carboxylic acids is 3. The van der Waals surface area contributed by atoms with Gasteiger partial charge in [-0.25, -0.2) is 0 Å². The second-order valence-electron chi connectivity index (χ2n) is 7.42. The summed E-state index contributed by atoms with van der Waals surface area (Å²) >= 11 is 5.79. The molecule has 0 aromatic heterocycles. The molecule has 0 unspecified atom stereocenters. The second kappa shape index (κ2) is 13.0. The highest BCUT2D eigenvalue weighted by Crippen LogP contribution is 2.25. The Balaban J connectivity index is 1.32. The van der Waals surface area contributed by atoms with Crippen LogP contribution in [0, 0.1) is 0 Å². The zero-order valence-corrected chi connectivity index (χ0v) is 19.8. The number of anilines is 2. The number of rotatable bonds is 11. The number of esters is 1. The molecule has 0 spiro atoms. The fourth-order valence-electron chi connectivity index (χ4n) is 2.95. The van der Waals surface area contributed by atoms with Gasteiger partial charge in [0.2, 0.25) is 5.91 Å². The summed E-state index contributed by atoms with van der Waals surface area (Å²) in [6.07, 6.45) is 0.453. The maximum Gasteiger partial charge on any atom is 0.306 e. The van der Waals surface area contributed by atoms with Gasteiger partial charge in [-0.3, -0.25) is 14.4 Å². The van der Waals surface area contributed by atoms with Crippen LogP contribution >= 0.6 is 11.6 Å². The molecule has 0 aliphatic heterocycles. The first-order valence-electron chi connectivity index (χ1n) is 10.8. The van der Waals surface area contributed by atoms with E-state index in [9.17, 15) is 14.4 Å². The summed E-state index contributed by atoms with van der Waals surface area (Å²) in [5.41, 5.74) is 1.16. The van der Waals surface area contributed by atoms with E-state index in [2.05, 4.69) is 10.6 Å². The largest absolute Gasteiger partial charge is 0.497 e. The van der Waals surface area contributed by atoms with E-state index in [-0.39, 0.29) is 18.7 Å². The van der Waals surface area contributed by atoms with E-state index in [4.69, 9.17) is 25.8 Å². The normalized spacial score (nSPS) is 10.2. The van der Waals surface area contributed by atoms with Crippen molar-refractivity contribution in [1.82, 2.24) is 0 Å². The standard InChI is InChI=1S/C26H25ClN2O6/c1-33-21-13-15-23(16-14-21)35-22-11-9-20(10-12-22)28-24(30)3-2-4-26(32)34-17-25(31)29-19-7-5-18(27)6-8-19/h5-16H,2-4,17H2,1H3,(H,28,30)(H,29,31). The van der Waals surface area contributed by atoms with Crippen LogP contribution in [0.3, 0.4) is 0 Å². The Hall–Kier alpha value is -4.04. The highest BCUT2D eigenvalue weighted by atomic mass is 35.5. The Morgan fingerprint density at radius 3 is 1.83 bits per heavy atom. The maximum absolute atomic E-state index is 12.1. The first-order valence-corrected chi connectivity index (χ1v) is 11.2. The Morgan fingerprint density at radius 1 is 0.714 bits per heavy atom. The molecule has 0 atom stereocenters. The van der Waals surface area contributed by atoms with Crippen LogP contribution in [0.4, 0.5) is 11.4 Å². The number of nitrogens with one attached hydrogen (secondary N) is 2. The van der Waals surface area contributed by atoms with Gasteiger partial charge in [-0.2, -0.15) is 0 Å². The highest BCUT2D eigenvalue weighted by molar-refractivity contribution is 6.30. The van der Waals surface area contributed by atoms with Gasteiger partial charge in [-0.1, -0.05) is 11.6 Å². The fourth-order valence-corrected chi connectivity index (χ4v) is 3.08. The van der Waals surface area contributed by atoms with Crippen LogP contribution in [0.15, 0.2) is 72.8 Å². The van der Waals surface area contributed by atoms with E-state index < -0.39 is 18.5 Å². The number of benzene rings is 3. The van der Waals surface area contributed by atoms with Crippen molar-refractivity contribution in [3.8, 4) is 17.2 Å². The quantitative estimate of drug-likeness (QED) is 0.343. The van der Waals surface area contributed by atoms with Crippen LogP contribution in [0.2, 0.25) is 5.02 Å². The van der Waals surface area contributed by atoms with E-state index in [1.54, 1.807) is 79.9 Å². The Morgan fingerprint density at radius 2 is 1.23 bits per heavy atom. The molecule has 0 aliphatic rings. The van der Waals surface area contributed by atoms with Crippen LogP contribution in [-0.4, -0.2) is 31.5 Å². The van der Waals surface area contributed by atoms with Gasteiger partial charge in [-0.15, -0.1) is 0 Å². The zero-order valence-electron chi connectivity index (χ0n) is 19.1. The van der Waals surface area contributed by atoms with E-state index in [0.717, 1.165) is 5.75 Å². The molecule has 0 bridgehead atoms. The SMILES string of the molecule is COc1ccc(Oc2ccc(NC(=O)CCCC(=O)OCC(=O)Nc3ccc(Cl)cc3)cc2)cc1. The molecule has 3 aromatic rings. The summed E-state index contributed by atoms with van der Waals surface area (Å²) in [5, 5.41) is 5.91. The first-order chi connectivity index (χ1) is 16.9. The van der Waals surface area contributed by atoms with Gasteiger partial charge in [0, 0.05) is 29.2 Å². The fraction of sp³-hybridized carbons (Fsp3) is 0.192. The van der Waals surface area contributed by atoms with Gasteiger partial charge >= 0.3 is 5.97 Å². The summed E-state index contributed by atoms with van der Waals surface area (Å²) in [6, 6.07) is 20.7. The second-order valence-corrected chi connectivity index (χ2v) is 7.86. The van der Waals surface area contributed by atoms with E-state index in [1.165, 1.54) is 0 Å². The number of ether oxygens (including phenoxy) is 3. The van der Waals surface area contributed by atoms with Crippen molar-refractivity contribution in [1.29, 1.82) is 0 Å². The summed E-state index contributed by atoms with van der Waals surface area (Å²) < 4.78 is 15.8. The molecule has 2 amide bonds. The van der Waals surface area contributed by atoms with Gasteiger partial charge in [0.15, 0.2) is 6.61 Å². The van der Waals surface area contributed by atoms with Crippen molar-refractivity contribution >= 4 is 40.8 Å². The van der Waals surface area contributed by atoms with Gasteiger partial charge in [0.1, 0.15) is 17.2 Å². The Labute approximate surface area is 208 Å². The molecule has 2 N–H and O–H groups in total. The first kappa shape index (κ1) is 25.6. The molecule has 9 heteroatoms. The van der Waals surface area contributed by atoms with Gasteiger partial charge in [-0.05, 0) is 79.2 Å². The van der Waals surface area contributed by atoms with Gasteiger partial charge in [0.05, 0.1) is 7.11 Å². The number of halogens is 1. The van der Waals surface area contributed by atoms with Crippen molar-refractivity contribution in [3.63, 3.8) is 0 Å². The van der Waals surface area contributed by atoms with Gasteiger partial charge in [0.25, 0.3) is 5.91 Å². The molecule has 0 radical (unpaired) electrons. The Bertz CT molecular complexity index is 1130. The average Bonchev–Trinajstić information content (AvgIpc) is 2.86. The molecule has 3 rings (SSSR count). The van der Waals surface area contributed by atoms with Crippen LogP contribution in [0.5, 0.6) is 17.2 Å². The number of methoxy groups -OCH3 is 1. The molecule has 0 fully saturated rings. The number of hydrogen-bond acceptors (Lipinski definition) is 6. The Kier molecular flexibility index (Phi) is 9.50. The molecule has 8 nitrogen and oxygen atoms in total. The van der Waals surface area contributed by atoms with E-state index in [0.29, 0.717) is 34.3 Å². The molecule has 3 aromatic carbocycles. The maximum atomic E-state index is 12.1. The monoisotopic (exact) mass is 496 g/mol. The lowest BCUT2D eigenvalue weighted by molar-refractivity contribution is -0.147. The summed E-state index contributed by atoms with van der Waals surface area (Å²) in [6.45, 7) is -0.404. The predicted molar refractivity (Wildman–Crippen MR) is 133 cm³/mol. The van der Waals surface area contributed by atoms with Crippen LogP contribution in [0.25, 0.3) is 0 Å². The number of amides is 2. The molecule has 0 saturated heterocycles. The number of hydrogen-bond donors (Lipinski definition) is 2. The highest BCUT2D eigenvalue weighted by Gasteiger charge is 2.10. The minimum absolute atomic E-state index is 0.0241. The van der Waals surface area contributed by atoms with E-state index >= 15 is 0 Å². The average molecular weight is 497 g/mol. The molecule has 35 heavy (non-hydrogen) atoms. The van der Waals surface area contributed by atoms with Gasteiger partial charge < -0.3 is 24.8 Å². The topological polar surface area (TPSA) is 103 Å². The molecule has 0 heterocycles. The van der Waals surface area contributed by atoms with Crippen molar-refractivity contribution in [3.05, 3.63) is 77.8 Å². The summed E-state index contributed by atoms with van der Waals surface area (Å²) in [4.78, 5) is 35.8. The summed E-state index contributed by atoms with van der Waals surface area (Å²) in [7, 11) is 1.60. The molecule has 182 valence electrons. The zero-order chi connectivity index (χ0) is 25.0. The van der Waals surface area contributed by atoms with Crippen LogP contribution in [0.1, 0.15) is 19.3 Å². The van der Waals surface area contributed by atoms with Crippen molar-refractivity contribution < 1.29 is 28.6 Å². The lowest BCUT2D eigenvalue weighted by atomic mass is 10.2. The third-order valence-corrected chi connectivity index (χ3v) is 4.96. The van der Waals surface area contributed by atoms with Crippen molar-refractivity contribution in [2.24, 2.45) is 0 Å². The third kappa shape index (κ3) is 9.02. The predicted octanol–water partition coefficient (Wildman–Crippen LogP) is 5.43. The summed E-state index contributed by atoms with van der Waals surface area (Å²) in [5.74, 6) is 0.778. The molecular formula is C26H25ClN2O6. The minimum Gasteiger partial charge on any atom is -0.497 e. The molecule has 0 saturated carbocycles. The van der Waals surface area contributed by atoms with E-state index in [1.807, 2.05) is 0 Å². The van der Waals surface area contributed by atoms with Crippen molar-refractivity contribution in [2.45, 2.75) is 19.3 Å². The minimum atomic E-state index is -0.552. The lowest BCUT2D eigenvalue weighted by Crippen LogP contribution is -2.21. The van der Waals surface area contributed by atoms with Crippen molar-refractivity contribution in [2.75, 3.05) is 24.4 Å². The number of carbonyl (C=O) groups is 3. The smallest absolute Gasteiger partial charge is 0.306 e. The third-order valence-electron chi connectivity index (χ3n) is 4.71. The lowest BCUT2D eigenvalue weighted by Gasteiger charge is -2.09. The molecular weight excluding hydrogens is 472 g/mol. The molecule has 0 aliphatic carbocycles.